The SMILES string of the molecule is CCc1cccc(C)c1NC(=O)C(=O)N(CC)c1cccc(C)c1. The summed E-state index contributed by atoms with van der Waals surface area (Å²) in [4.78, 5) is 26.6. The second kappa shape index (κ2) is 7.77. The Balaban J connectivity index is 2.24. The third kappa shape index (κ3) is 3.82. The molecule has 0 atom stereocenters. The van der Waals surface area contributed by atoms with Gasteiger partial charge in [-0.25, -0.2) is 0 Å². The van der Waals surface area contributed by atoms with Crippen molar-refractivity contribution in [1.82, 2.24) is 0 Å². The zero-order valence-corrected chi connectivity index (χ0v) is 14.7. The van der Waals surface area contributed by atoms with Crippen LogP contribution in [-0.2, 0) is 16.0 Å². The molecule has 0 saturated carbocycles. The third-order valence-corrected chi connectivity index (χ3v) is 4.05. The summed E-state index contributed by atoms with van der Waals surface area (Å²) in [5, 5.41) is 2.80. The van der Waals surface area contributed by atoms with Crippen LogP contribution in [0.4, 0.5) is 11.4 Å². The number of hydrogen-bond acceptors (Lipinski definition) is 2. The largest absolute Gasteiger partial charge is 0.317 e. The first-order chi connectivity index (χ1) is 11.5. The number of anilines is 2. The van der Waals surface area contributed by atoms with Crippen LogP contribution in [0.3, 0.4) is 0 Å². The zero-order chi connectivity index (χ0) is 17.7. The maximum Gasteiger partial charge on any atom is 0.316 e. The molecule has 0 unspecified atom stereocenters. The summed E-state index contributed by atoms with van der Waals surface area (Å²) in [5.74, 6) is -1.16. The van der Waals surface area contributed by atoms with Gasteiger partial charge in [0, 0.05) is 17.9 Å². The number of hydrogen-bond donors (Lipinski definition) is 1. The number of para-hydroxylation sites is 1. The van der Waals surface area contributed by atoms with E-state index in [0.717, 1.165) is 34.5 Å². The van der Waals surface area contributed by atoms with Gasteiger partial charge in [-0.05, 0) is 56.0 Å². The van der Waals surface area contributed by atoms with Gasteiger partial charge in [0.15, 0.2) is 0 Å². The molecule has 24 heavy (non-hydrogen) atoms. The lowest BCUT2D eigenvalue weighted by atomic mass is 10.1. The predicted octanol–water partition coefficient (Wildman–Crippen LogP) is 3.86. The number of rotatable bonds is 4. The molecule has 126 valence electrons. The van der Waals surface area contributed by atoms with E-state index in [1.807, 2.05) is 70.2 Å². The summed E-state index contributed by atoms with van der Waals surface area (Å²) in [6.45, 7) is 8.21. The van der Waals surface area contributed by atoms with E-state index in [2.05, 4.69) is 5.32 Å². The van der Waals surface area contributed by atoms with Gasteiger partial charge in [0.1, 0.15) is 0 Å². The quantitative estimate of drug-likeness (QED) is 0.868. The molecule has 4 nitrogen and oxygen atoms in total. The minimum absolute atomic E-state index is 0.435. The van der Waals surface area contributed by atoms with Crippen molar-refractivity contribution in [2.45, 2.75) is 34.1 Å². The Morgan fingerprint density at radius 3 is 2.38 bits per heavy atom. The van der Waals surface area contributed by atoms with Gasteiger partial charge in [0.25, 0.3) is 0 Å². The van der Waals surface area contributed by atoms with Crippen molar-refractivity contribution in [2.75, 3.05) is 16.8 Å². The summed E-state index contributed by atoms with van der Waals surface area (Å²) in [7, 11) is 0. The average Bonchev–Trinajstić information content (AvgIpc) is 2.57. The molecule has 0 aromatic heterocycles. The van der Waals surface area contributed by atoms with Gasteiger partial charge in [-0.2, -0.15) is 0 Å². The molecular formula is C20H24N2O2. The number of likely N-dealkylation sites (N-methyl/N-ethyl adjacent to an activating group) is 1. The van der Waals surface area contributed by atoms with Gasteiger partial charge in [-0.3, -0.25) is 9.59 Å². The second-order valence-corrected chi connectivity index (χ2v) is 5.81. The highest BCUT2D eigenvalue weighted by atomic mass is 16.2. The first-order valence-electron chi connectivity index (χ1n) is 8.25. The van der Waals surface area contributed by atoms with Crippen molar-refractivity contribution in [3.8, 4) is 0 Å². The molecule has 4 heteroatoms. The molecule has 2 aromatic carbocycles. The van der Waals surface area contributed by atoms with Gasteiger partial charge in [0.2, 0.25) is 0 Å². The minimum atomic E-state index is -0.609. The van der Waals surface area contributed by atoms with E-state index in [1.54, 1.807) is 0 Å². The number of nitrogens with one attached hydrogen (secondary N) is 1. The fourth-order valence-electron chi connectivity index (χ4n) is 2.73. The third-order valence-electron chi connectivity index (χ3n) is 4.05. The van der Waals surface area contributed by atoms with E-state index in [9.17, 15) is 9.59 Å². The lowest BCUT2D eigenvalue weighted by Crippen LogP contribution is -2.40. The first-order valence-corrected chi connectivity index (χ1v) is 8.25. The van der Waals surface area contributed by atoms with E-state index >= 15 is 0 Å². The van der Waals surface area contributed by atoms with Gasteiger partial charge < -0.3 is 10.2 Å². The lowest BCUT2D eigenvalue weighted by Gasteiger charge is -2.21. The molecule has 0 heterocycles. The van der Waals surface area contributed by atoms with Crippen LogP contribution in [0, 0.1) is 13.8 Å². The van der Waals surface area contributed by atoms with E-state index in [4.69, 9.17) is 0 Å². The Bertz CT molecular complexity index is 753. The van der Waals surface area contributed by atoms with E-state index in [1.165, 1.54) is 4.90 Å². The van der Waals surface area contributed by atoms with Crippen LogP contribution in [0.1, 0.15) is 30.5 Å². The summed E-state index contributed by atoms with van der Waals surface area (Å²) in [5.41, 5.74) is 4.49. The minimum Gasteiger partial charge on any atom is -0.317 e. The van der Waals surface area contributed by atoms with Crippen LogP contribution in [0.2, 0.25) is 0 Å². The molecule has 0 spiro atoms. The number of aryl methyl sites for hydroxylation is 3. The fourth-order valence-corrected chi connectivity index (χ4v) is 2.73. The van der Waals surface area contributed by atoms with E-state index in [-0.39, 0.29) is 0 Å². The van der Waals surface area contributed by atoms with Crippen molar-refractivity contribution < 1.29 is 9.59 Å². The van der Waals surface area contributed by atoms with Gasteiger partial charge >= 0.3 is 11.8 Å². The zero-order valence-electron chi connectivity index (χ0n) is 14.7. The van der Waals surface area contributed by atoms with Gasteiger partial charge in [0.05, 0.1) is 0 Å². The number of carbonyl (C=O) groups excluding carboxylic acids is 2. The summed E-state index contributed by atoms with van der Waals surface area (Å²) in [6.07, 6.45) is 0.793. The second-order valence-electron chi connectivity index (χ2n) is 5.81. The summed E-state index contributed by atoms with van der Waals surface area (Å²) < 4.78 is 0. The molecule has 2 aromatic rings. The molecule has 0 aliphatic heterocycles. The molecule has 1 N–H and O–H groups in total. The maximum atomic E-state index is 12.6. The number of amides is 2. The number of carbonyl (C=O) groups is 2. The van der Waals surface area contributed by atoms with E-state index in [0.29, 0.717) is 6.54 Å². The van der Waals surface area contributed by atoms with Crippen LogP contribution < -0.4 is 10.2 Å². The van der Waals surface area contributed by atoms with Crippen molar-refractivity contribution in [3.05, 3.63) is 59.2 Å². The van der Waals surface area contributed by atoms with Crippen molar-refractivity contribution >= 4 is 23.2 Å². The Morgan fingerprint density at radius 2 is 1.75 bits per heavy atom. The number of benzene rings is 2. The standard InChI is InChI=1S/C20H24N2O2/c1-5-16-11-8-10-15(4)18(16)21-19(23)20(24)22(6-2)17-12-7-9-14(3)13-17/h7-13H,5-6H2,1-4H3,(H,21,23). The Kier molecular flexibility index (Phi) is 5.74. The molecule has 0 aliphatic rings. The van der Waals surface area contributed by atoms with Crippen LogP contribution in [-0.4, -0.2) is 18.4 Å². The molecule has 0 fully saturated rings. The van der Waals surface area contributed by atoms with Crippen LogP contribution in [0.15, 0.2) is 42.5 Å². The monoisotopic (exact) mass is 324 g/mol. The molecular weight excluding hydrogens is 300 g/mol. The average molecular weight is 324 g/mol. The lowest BCUT2D eigenvalue weighted by molar-refractivity contribution is -0.134. The smallest absolute Gasteiger partial charge is 0.316 e. The van der Waals surface area contributed by atoms with Crippen LogP contribution in [0.25, 0.3) is 0 Å². The summed E-state index contributed by atoms with van der Waals surface area (Å²) >= 11 is 0. The van der Waals surface area contributed by atoms with Crippen LogP contribution in [0.5, 0.6) is 0 Å². The Labute approximate surface area is 143 Å². The highest BCUT2D eigenvalue weighted by Crippen LogP contribution is 2.22. The molecule has 2 amide bonds. The fraction of sp³-hybridized carbons (Fsp3) is 0.300. The molecule has 0 saturated heterocycles. The molecule has 0 aliphatic carbocycles. The number of nitrogens with zero attached hydrogens (tertiary/aromatic N) is 1. The van der Waals surface area contributed by atoms with Crippen LogP contribution >= 0.6 is 0 Å². The Hall–Kier alpha value is -2.62. The molecule has 0 bridgehead atoms. The Morgan fingerprint density at radius 1 is 1.04 bits per heavy atom. The molecule has 0 radical (unpaired) electrons. The van der Waals surface area contributed by atoms with Crippen molar-refractivity contribution in [1.29, 1.82) is 0 Å². The van der Waals surface area contributed by atoms with Gasteiger partial charge in [-0.15, -0.1) is 0 Å². The van der Waals surface area contributed by atoms with Gasteiger partial charge in [-0.1, -0.05) is 37.3 Å². The maximum absolute atomic E-state index is 12.6. The van der Waals surface area contributed by atoms with Crippen molar-refractivity contribution in [3.63, 3.8) is 0 Å². The highest BCUT2D eigenvalue weighted by Gasteiger charge is 2.23. The van der Waals surface area contributed by atoms with E-state index < -0.39 is 11.8 Å². The topological polar surface area (TPSA) is 49.4 Å². The normalized spacial score (nSPS) is 10.3. The highest BCUT2D eigenvalue weighted by molar-refractivity contribution is 6.44. The van der Waals surface area contributed by atoms with Crippen molar-refractivity contribution in [2.24, 2.45) is 0 Å². The molecule has 2 rings (SSSR count). The summed E-state index contributed by atoms with van der Waals surface area (Å²) in [6, 6.07) is 13.4. The predicted molar refractivity (Wildman–Crippen MR) is 98.4 cm³/mol. The first kappa shape index (κ1) is 17.7.